The lowest BCUT2D eigenvalue weighted by atomic mass is 10.1. The van der Waals surface area contributed by atoms with Gasteiger partial charge in [0.2, 0.25) is 0 Å². The van der Waals surface area contributed by atoms with E-state index in [0.717, 1.165) is 5.56 Å². The maximum absolute atomic E-state index is 12.2. The Morgan fingerprint density at radius 1 is 1.21 bits per heavy atom. The summed E-state index contributed by atoms with van der Waals surface area (Å²) in [6, 6.07) is 12.2. The molecule has 2 rings (SSSR count). The second kappa shape index (κ2) is 8.81. The number of rotatable bonds is 7. The van der Waals surface area contributed by atoms with Crippen LogP contribution >= 0.6 is 11.6 Å². The summed E-state index contributed by atoms with van der Waals surface area (Å²) in [5, 5.41) is 0.530. The van der Waals surface area contributed by atoms with E-state index in [1.807, 2.05) is 13.0 Å². The van der Waals surface area contributed by atoms with Crippen molar-refractivity contribution in [1.82, 2.24) is 0 Å². The Morgan fingerprint density at radius 2 is 2.04 bits per heavy atom. The number of benzene rings is 2. The van der Waals surface area contributed by atoms with Gasteiger partial charge in [-0.1, -0.05) is 41.8 Å². The molecule has 2 aromatic rings. The normalized spacial score (nSPS) is 10.4. The molecule has 0 spiro atoms. The Bertz CT molecular complexity index is 788. The quantitative estimate of drug-likeness (QED) is 0.418. The zero-order chi connectivity index (χ0) is 17.4. The van der Waals surface area contributed by atoms with Crippen LogP contribution in [0.15, 0.2) is 48.5 Å². The summed E-state index contributed by atoms with van der Waals surface area (Å²) in [4.78, 5) is 12.2. The molecule has 4 heteroatoms. The van der Waals surface area contributed by atoms with Gasteiger partial charge in [0.25, 0.3) is 0 Å². The van der Waals surface area contributed by atoms with E-state index in [1.165, 1.54) is 6.08 Å². The van der Waals surface area contributed by atoms with Crippen molar-refractivity contribution in [2.75, 3.05) is 13.2 Å². The van der Waals surface area contributed by atoms with Gasteiger partial charge in [0.15, 0.2) is 17.3 Å². The molecule has 24 heavy (non-hydrogen) atoms. The number of halogens is 1. The molecule has 0 heterocycles. The monoisotopic (exact) mass is 340 g/mol. The van der Waals surface area contributed by atoms with Crippen LogP contribution in [0.2, 0.25) is 5.02 Å². The summed E-state index contributed by atoms with van der Waals surface area (Å²) >= 11 is 5.90. The van der Waals surface area contributed by atoms with Crippen molar-refractivity contribution in [2.24, 2.45) is 0 Å². The highest BCUT2D eigenvalue weighted by Crippen LogP contribution is 2.29. The van der Waals surface area contributed by atoms with Crippen molar-refractivity contribution >= 4 is 23.5 Å². The van der Waals surface area contributed by atoms with Crippen LogP contribution in [0.25, 0.3) is 6.08 Å². The first-order chi connectivity index (χ1) is 11.6. The summed E-state index contributed by atoms with van der Waals surface area (Å²) < 4.78 is 11.0. The summed E-state index contributed by atoms with van der Waals surface area (Å²) in [6.45, 7) is 2.56. The number of hydrogen-bond donors (Lipinski definition) is 0. The molecule has 0 N–H and O–H groups in total. The zero-order valence-electron chi connectivity index (χ0n) is 13.3. The van der Waals surface area contributed by atoms with Crippen molar-refractivity contribution in [3.8, 4) is 23.8 Å². The van der Waals surface area contributed by atoms with E-state index < -0.39 is 0 Å². The van der Waals surface area contributed by atoms with E-state index in [4.69, 9.17) is 27.5 Å². The Balaban J connectivity index is 2.18. The lowest BCUT2D eigenvalue weighted by molar-refractivity contribution is 0.104. The third-order valence-corrected chi connectivity index (χ3v) is 3.35. The van der Waals surface area contributed by atoms with E-state index in [9.17, 15) is 4.79 Å². The Morgan fingerprint density at radius 3 is 2.75 bits per heavy atom. The maximum Gasteiger partial charge on any atom is 0.185 e. The van der Waals surface area contributed by atoms with Crippen molar-refractivity contribution < 1.29 is 14.3 Å². The number of ketones is 1. The van der Waals surface area contributed by atoms with Gasteiger partial charge in [0, 0.05) is 10.6 Å². The molecule has 0 aliphatic heterocycles. The van der Waals surface area contributed by atoms with Crippen LogP contribution in [0.1, 0.15) is 22.8 Å². The topological polar surface area (TPSA) is 35.5 Å². The van der Waals surface area contributed by atoms with Crippen LogP contribution in [-0.2, 0) is 0 Å². The van der Waals surface area contributed by atoms with Gasteiger partial charge in [-0.25, -0.2) is 0 Å². The Kier molecular flexibility index (Phi) is 6.48. The number of carbonyl (C=O) groups excluding carboxylic acids is 1. The van der Waals surface area contributed by atoms with Gasteiger partial charge in [-0.2, -0.15) is 0 Å². The first kappa shape index (κ1) is 17.7. The second-order valence-electron chi connectivity index (χ2n) is 4.84. The number of carbonyl (C=O) groups is 1. The minimum Gasteiger partial charge on any atom is -0.490 e. The van der Waals surface area contributed by atoms with Crippen LogP contribution in [0, 0.1) is 12.3 Å². The molecule has 3 nitrogen and oxygen atoms in total. The predicted octanol–water partition coefficient (Wildman–Crippen LogP) is 4.65. The standard InChI is InChI=1S/C20H17ClO3/c1-3-12-24-19-11-9-15(13-20(19)23-4-2)8-10-18(22)16-6-5-7-17(21)14-16/h1,5-11,13-14H,4,12H2,2H3/b10-8+. The lowest BCUT2D eigenvalue weighted by Crippen LogP contribution is -1.99. The maximum atomic E-state index is 12.2. The van der Waals surface area contributed by atoms with Crippen molar-refractivity contribution in [2.45, 2.75) is 6.92 Å². The fraction of sp³-hybridized carbons (Fsp3) is 0.150. The summed E-state index contributed by atoms with van der Waals surface area (Å²) in [6.07, 6.45) is 8.42. The average Bonchev–Trinajstić information content (AvgIpc) is 2.59. The molecule has 0 aliphatic rings. The van der Waals surface area contributed by atoms with Gasteiger partial charge < -0.3 is 9.47 Å². The second-order valence-corrected chi connectivity index (χ2v) is 5.28. The molecule has 0 radical (unpaired) electrons. The zero-order valence-corrected chi connectivity index (χ0v) is 14.0. The molecule has 0 amide bonds. The highest BCUT2D eigenvalue weighted by molar-refractivity contribution is 6.31. The van der Waals surface area contributed by atoms with Gasteiger partial charge in [0.05, 0.1) is 6.61 Å². The van der Waals surface area contributed by atoms with Crippen LogP contribution in [0.5, 0.6) is 11.5 Å². The minimum atomic E-state index is -0.122. The highest BCUT2D eigenvalue weighted by atomic mass is 35.5. The first-order valence-electron chi connectivity index (χ1n) is 7.45. The lowest BCUT2D eigenvalue weighted by Gasteiger charge is -2.10. The summed E-state index contributed by atoms with van der Waals surface area (Å²) in [5.41, 5.74) is 1.36. The van der Waals surface area contributed by atoms with Crippen LogP contribution < -0.4 is 9.47 Å². The molecule has 122 valence electrons. The number of allylic oxidation sites excluding steroid dienone is 1. The van der Waals surface area contributed by atoms with Crippen molar-refractivity contribution in [3.05, 3.63) is 64.7 Å². The summed E-state index contributed by atoms with van der Waals surface area (Å²) in [7, 11) is 0. The number of ether oxygens (including phenoxy) is 2. The Hall–Kier alpha value is -2.70. The average molecular weight is 341 g/mol. The van der Waals surface area contributed by atoms with Gasteiger partial charge >= 0.3 is 0 Å². The largest absolute Gasteiger partial charge is 0.490 e. The van der Waals surface area contributed by atoms with Crippen LogP contribution in [0.4, 0.5) is 0 Å². The smallest absolute Gasteiger partial charge is 0.185 e. The Labute approximate surface area is 146 Å². The number of hydrogen-bond acceptors (Lipinski definition) is 3. The molecule has 0 aliphatic carbocycles. The van der Waals surface area contributed by atoms with E-state index in [-0.39, 0.29) is 12.4 Å². The molecule has 0 saturated heterocycles. The van der Waals surface area contributed by atoms with E-state index in [2.05, 4.69) is 5.92 Å². The molecule has 0 saturated carbocycles. The van der Waals surface area contributed by atoms with Crippen molar-refractivity contribution in [1.29, 1.82) is 0 Å². The third kappa shape index (κ3) is 4.91. The van der Waals surface area contributed by atoms with E-state index in [1.54, 1.807) is 42.5 Å². The predicted molar refractivity (Wildman–Crippen MR) is 96.8 cm³/mol. The molecule has 0 atom stereocenters. The van der Waals surface area contributed by atoms with Gasteiger partial charge in [-0.15, -0.1) is 6.42 Å². The SMILES string of the molecule is C#CCOc1ccc(/C=C/C(=O)c2cccc(Cl)c2)cc1OCC. The van der Waals surface area contributed by atoms with Crippen LogP contribution in [-0.4, -0.2) is 19.0 Å². The number of terminal acetylenes is 1. The molecule has 0 unspecified atom stereocenters. The summed E-state index contributed by atoms with van der Waals surface area (Å²) in [5.74, 6) is 3.46. The third-order valence-electron chi connectivity index (χ3n) is 3.11. The van der Waals surface area contributed by atoms with Gasteiger partial charge in [0.1, 0.15) is 6.61 Å². The molecule has 2 aromatic carbocycles. The fourth-order valence-electron chi connectivity index (χ4n) is 2.05. The van der Waals surface area contributed by atoms with Crippen molar-refractivity contribution in [3.63, 3.8) is 0 Å². The first-order valence-corrected chi connectivity index (χ1v) is 7.83. The molecular formula is C20H17ClO3. The van der Waals surface area contributed by atoms with E-state index in [0.29, 0.717) is 28.7 Å². The molecule has 0 bridgehead atoms. The molecule has 0 aromatic heterocycles. The van der Waals surface area contributed by atoms with Crippen LogP contribution in [0.3, 0.4) is 0 Å². The fourth-order valence-corrected chi connectivity index (χ4v) is 2.24. The highest BCUT2D eigenvalue weighted by Gasteiger charge is 2.06. The van der Waals surface area contributed by atoms with Gasteiger partial charge in [-0.3, -0.25) is 4.79 Å². The molecule has 0 fully saturated rings. The van der Waals surface area contributed by atoms with E-state index >= 15 is 0 Å². The van der Waals surface area contributed by atoms with Gasteiger partial charge in [-0.05, 0) is 42.8 Å². The minimum absolute atomic E-state index is 0.122. The molecular weight excluding hydrogens is 324 g/mol.